The van der Waals surface area contributed by atoms with Gasteiger partial charge in [0.05, 0.1) is 17.0 Å². The summed E-state index contributed by atoms with van der Waals surface area (Å²) in [5.41, 5.74) is 0. The standard InChI is InChI=1S/C17H34N4O2S.HI/c1-5-18-16(19-9-11-20-10-7-6-8-15(20)2)21-12-13-24(22,23)17(3,4)14-21;/h15H,5-14H2,1-4H3,(H,18,19);1H. The molecule has 0 aliphatic carbocycles. The van der Waals surface area contributed by atoms with Gasteiger partial charge in [0.25, 0.3) is 0 Å². The fourth-order valence-electron chi connectivity index (χ4n) is 3.52. The van der Waals surface area contributed by atoms with Gasteiger partial charge in [-0.3, -0.25) is 9.89 Å². The van der Waals surface area contributed by atoms with E-state index in [0.29, 0.717) is 19.1 Å². The van der Waals surface area contributed by atoms with Crippen molar-refractivity contribution < 1.29 is 8.42 Å². The summed E-state index contributed by atoms with van der Waals surface area (Å²) >= 11 is 0. The molecule has 8 heteroatoms. The first-order valence-electron chi connectivity index (χ1n) is 9.26. The molecule has 2 saturated heterocycles. The second-order valence-corrected chi connectivity index (χ2v) is 10.4. The van der Waals surface area contributed by atoms with Gasteiger partial charge in [0, 0.05) is 32.2 Å². The Balaban J connectivity index is 0.00000312. The van der Waals surface area contributed by atoms with Crippen molar-refractivity contribution in [3.05, 3.63) is 0 Å². The van der Waals surface area contributed by atoms with Gasteiger partial charge in [-0.15, -0.1) is 24.0 Å². The number of nitrogens with zero attached hydrogens (tertiary/aromatic N) is 3. The lowest BCUT2D eigenvalue weighted by molar-refractivity contribution is 0.165. The van der Waals surface area contributed by atoms with E-state index in [2.05, 4.69) is 22.0 Å². The molecule has 0 aromatic carbocycles. The summed E-state index contributed by atoms with van der Waals surface area (Å²) in [6.45, 7) is 12.7. The maximum Gasteiger partial charge on any atom is 0.194 e. The highest BCUT2D eigenvalue weighted by Crippen LogP contribution is 2.23. The Bertz CT molecular complexity index is 551. The maximum absolute atomic E-state index is 12.2. The van der Waals surface area contributed by atoms with Gasteiger partial charge in [0.1, 0.15) is 0 Å². The molecule has 2 heterocycles. The Morgan fingerprint density at radius 1 is 1.28 bits per heavy atom. The van der Waals surface area contributed by atoms with Crippen molar-refractivity contribution in [2.45, 2.75) is 57.7 Å². The quantitative estimate of drug-likeness (QED) is 0.374. The van der Waals surface area contributed by atoms with E-state index in [4.69, 9.17) is 4.99 Å². The SMILES string of the molecule is CCNC(=NCCN1CCCCC1C)N1CCS(=O)(=O)C(C)(C)C1.I. The Kier molecular flexibility index (Phi) is 8.93. The van der Waals surface area contributed by atoms with Gasteiger partial charge in [-0.2, -0.15) is 0 Å². The molecule has 0 saturated carbocycles. The Labute approximate surface area is 170 Å². The van der Waals surface area contributed by atoms with Gasteiger partial charge >= 0.3 is 0 Å². The van der Waals surface area contributed by atoms with Crippen LogP contribution in [0.15, 0.2) is 4.99 Å². The van der Waals surface area contributed by atoms with Crippen LogP contribution in [-0.2, 0) is 9.84 Å². The van der Waals surface area contributed by atoms with E-state index in [0.717, 1.165) is 25.6 Å². The van der Waals surface area contributed by atoms with Crippen molar-refractivity contribution in [3.63, 3.8) is 0 Å². The molecular formula is C17H35IN4O2S. The monoisotopic (exact) mass is 486 g/mol. The number of piperidine rings is 1. The minimum Gasteiger partial charge on any atom is -0.357 e. The molecule has 1 N–H and O–H groups in total. The Hall–Kier alpha value is -0.0900. The summed E-state index contributed by atoms with van der Waals surface area (Å²) in [4.78, 5) is 9.39. The zero-order chi connectivity index (χ0) is 17.8. The molecule has 0 amide bonds. The smallest absolute Gasteiger partial charge is 0.194 e. The first-order chi connectivity index (χ1) is 11.3. The summed E-state index contributed by atoms with van der Waals surface area (Å²) < 4.78 is 23.7. The summed E-state index contributed by atoms with van der Waals surface area (Å²) in [7, 11) is -3.02. The van der Waals surface area contributed by atoms with Gasteiger partial charge in [-0.1, -0.05) is 6.42 Å². The van der Waals surface area contributed by atoms with E-state index in [-0.39, 0.29) is 29.7 Å². The second kappa shape index (κ2) is 9.73. The van der Waals surface area contributed by atoms with Crippen molar-refractivity contribution in [1.82, 2.24) is 15.1 Å². The zero-order valence-electron chi connectivity index (χ0n) is 16.1. The van der Waals surface area contributed by atoms with Crippen molar-refractivity contribution in [2.75, 3.05) is 45.0 Å². The highest BCUT2D eigenvalue weighted by molar-refractivity contribution is 14.0. The van der Waals surface area contributed by atoms with Crippen LogP contribution in [0, 0.1) is 0 Å². The van der Waals surface area contributed by atoms with Crippen molar-refractivity contribution >= 4 is 39.8 Å². The van der Waals surface area contributed by atoms with Crippen LogP contribution in [-0.4, -0.2) is 80.0 Å². The molecule has 0 aromatic rings. The fraction of sp³-hybridized carbons (Fsp3) is 0.941. The van der Waals surface area contributed by atoms with E-state index in [1.54, 1.807) is 0 Å². The average molecular weight is 486 g/mol. The first-order valence-corrected chi connectivity index (χ1v) is 10.9. The number of aliphatic imine (C=N–C) groups is 1. The molecule has 0 bridgehead atoms. The third-order valence-corrected chi connectivity index (χ3v) is 7.80. The summed E-state index contributed by atoms with van der Waals surface area (Å²) in [6, 6.07) is 0.649. The molecule has 0 radical (unpaired) electrons. The van der Waals surface area contributed by atoms with Gasteiger partial charge in [0.2, 0.25) is 0 Å². The second-order valence-electron chi connectivity index (χ2n) is 7.62. The highest BCUT2D eigenvalue weighted by atomic mass is 127. The van der Waals surface area contributed by atoms with Crippen LogP contribution in [0.4, 0.5) is 0 Å². The van der Waals surface area contributed by atoms with Gasteiger partial charge < -0.3 is 10.2 Å². The van der Waals surface area contributed by atoms with Gasteiger partial charge in [0.15, 0.2) is 15.8 Å². The number of guanidine groups is 1. The molecule has 1 unspecified atom stereocenters. The predicted molar refractivity (Wildman–Crippen MR) is 116 cm³/mol. The third-order valence-electron chi connectivity index (χ3n) is 5.27. The van der Waals surface area contributed by atoms with E-state index < -0.39 is 14.6 Å². The molecule has 2 fully saturated rings. The summed E-state index contributed by atoms with van der Waals surface area (Å²) in [5, 5.41) is 3.33. The number of hydrogen-bond donors (Lipinski definition) is 1. The van der Waals surface area contributed by atoms with E-state index in [1.807, 2.05) is 20.8 Å². The fourth-order valence-corrected chi connectivity index (χ4v) is 4.89. The molecule has 25 heavy (non-hydrogen) atoms. The van der Waals surface area contributed by atoms with Gasteiger partial charge in [-0.25, -0.2) is 8.42 Å². The number of sulfone groups is 1. The Morgan fingerprint density at radius 3 is 2.60 bits per heavy atom. The molecule has 2 aliphatic heterocycles. The van der Waals surface area contributed by atoms with Crippen LogP contribution in [0.2, 0.25) is 0 Å². The van der Waals surface area contributed by atoms with Crippen LogP contribution in [0.25, 0.3) is 0 Å². The minimum atomic E-state index is -3.02. The minimum absolute atomic E-state index is 0. The van der Waals surface area contributed by atoms with Crippen LogP contribution in [0.3, 0.4) is 0 Å². The number of halogens is 1. The number of hydrogen-bond acceptors (Lipinski definition) is 4. The van der Waals surface area contributed by atoms with Crippen molar-refractivity contribution in [2.24, 2.45) is 4.99 Å². The van der Waals surface area contributed by atoms with Crippen LogP contribution in [0.1, 0.15) is 47.0 Å². The molecule has 1 atom stereocenters. The lowest BCUT2D eigenvalue weighted by Crippen LogP contribution is -2.57. The summed E-state index contributed by atoms with van der Waals surface area (Å²) in [5.74, 6) is 1.05. The Morgan fingerprint density at radius 2 is 2.00 bits per heavy atom. The normalized spacial score (nSPS) is 26.8. The first kappa shape index (κ1) is 23.0. The van der Waals surface area contributed by atoms with Crippen molar-refractivity contribution in [1.29, 1.82) is 0 Å². The van der Waals surface area contributed by atoms with Crippen LogP contribution >= 0.6 is 24.0 Å². The third kappa shape index (κ3) is 5.95. The molecule has 0 aromatic heterocycles. The molecular weight excluding hydrogens is 451 g/mol. The van der Waals surface area contributed by atoms with Crippen LogP contribution in [0.5, 0.6) is 0 Å². The molecule has 0 spiro atoms. The van der Waals surface area contributed by atoms with E-state index >= 15 is 0 Å². The predicted octanol–water partition coefficient (Wildman–Crippen LogP) is 1.95. The number of nitrogens with one attached hydrogen (secondary N) is 1. The average Bonchev–Trinajstić information content (AvgIpc) is 2.51. The molecule has 2 aliphatic rings. The lowest BCUT2D eigenvalue weighted by atomic mass is 10.0. The molecule has 2 rings (SSSR count). The summed E-state index contributed by atoms with van der Waals surface area (Å²) in [6.07, 6.45) is 3.90. The van der Waals surface area contributed by atoms with Gasteiger partial charge in [-0.05, 0) is 47.1 Å². The highest BCUT2D eigenvalue weighted by Gasteiger charge is 2.40. The van der Waals surface area contributed by atoms with Crippen LogP contribution < -0.4 is 5.32 Å². The van der Waals surface area contributed by atoms with Crippen molar-refractivity contribution in [3.8, 4) is 0 Å². The number of likely N-dealkylation sites (tertiary alicyclic amines) is 1. The number of rotatable bonds is 4. The molecule has 148 valence electrons. The lowest BCUT2D eigenvalue weighted by Gasteiger charge is -2.39. The van der Waals surface area contributed by atoms with E-state index in [1.165, 1.54) is 25.8 Å². The largest absolute Gasteiger partial charge is 0.357 e. The zero-order valence-corrected chi connectivity index (χ0v) is 19.3. The topological polar surface area (TPSA) is 65.0 Å². The van der Waals surface area contributed by atoms with E-state index in [9.17, 15) is 8.42 Å². The maximum atomic E-state index is 12.2. The molecule has 6 nitrogen and oxygen atoms in total.